The van der Waals surface area contributed by atoms with Gasteiger partial charge in [-0.05, 0) is 68.8 Å². The first-order chi connectivity index (χ1) is 17.5. The number of anilines is 2. The van der Waals surface area contributed by atoms with Gasteiger partial charge in [0.1, 0.15) is 17.4 Å². The molecule has 0 atom stereocenters. The van der Waals surface area contributed by atoms with Crippen LogP contribution < -0.4 is 9.62 Å². The van der Waals surface area contributed by atoms with Crippen LogP contribution in [0.4, 0.5) is 11.6 Å². The zero-order valence-corrected chi connectivity index (χ0v) is 19.9. The summed E-state index contributed by atoms with van der Waals surface area (Å²) in [6.07, 6.45) is 3.40. The predicted octanol–water partition coefficient (Wildman–Crippen LogP) is 4.76. The predicted molar refractivity (Wildman–Crippen MR) is 135 cm³/mol. The maximum atomic E-state index is 13.3. The molecule has 0 radical (unpaired) electrons. The fraction of sp³-hybridized carbons (Fsp3) is 0.346. The third kappa shape index (κ3) is 5.62. The highest BCUT2D eigenvalue weighted by atomic mass is 32.2. The number of carbonyl (C=O) groups is 1. The molecule has 1 aliphatic heterocycles. The number of fused-ring (bicyclic) bond motifs is 6. The first-order valence-electron chi connectivity index (χ1n) is 12.9. The molecule has 8 heteroatoms. The SMILES string of the molecule is [2H]C([2H])([2H])c1ccc2nc1-c1ccccc1CCCCN(CCCC(C)=O)c1cccc(n1)S(=O)(=O)N2. The standard InChI is InChI=1S/C26H30N4O3S/c1-19-15-16-23-27-26(19)22-12-4-3-10-21(22)11-5-6-17-30(18-8-9-20(2)31)24-13-7-14-25(28-24)34(32,33)29-23/h3-4,7,10,12-16H,5-6,8-9,11,17-18H2,1-2H3,(H,27,29)/i1D3. The van der Waals surface area contributed by atoms with Crippen LogP contribution in [-0.2, 0) is 21.2 Å². The van der Waals surface area contributed by atoms with E-state index in [1.165, 1.54) is 18.2 Å². The number of hydrogen-bond acceptors (Lipinski definition) is 6. The lowest BCUT2D eigenvalue weighted by molar-refractivity contribution is -0.117. The van der Waals surface area contributed by atoms with E-state index in [-0.39, 0.29) is 27.9 Å². The van der Waals surface area contributed by atoms with E-state index < -0.39 is 16.9 Å². The van der Waals surface area contributed by atoms with Crippen LogP contribution in [0, 0.1) is 6.85 Å². The van der Waals surface area contributed by atoms with Crippen molar-refractivity contribution in [3.8, 4) is 11.3 Å². The summed E-state index contributed by atoms with van der Waals surface area (Å²) in [4.78, 5) is 22.4. The lowest BCUT2D eigenvalue weighted by Crippen LogP contribution is -2.28. The molecule has 1 N–H and O–H groups in total. The lowest BCUT2D eigenvalue weighted by Gasteiger charge is -2.24. The quantitative estimate of drug-likeness (QED) is 0.577. The van der Waals surface area contributed by atoms with E-state index in [0.29, 0.717) is 43.7 Å². The van der Waals surface area contributed by atoms with Crippen molar-refractivity contribution < 1.29 is 17.3 Å². The van der Waals surface area contributed by atoms with Gasteiger partial charge in [0.05, 0.1) is 5.69 Å². The normalized spacial score (nSPS) is 17.1. The Kier molecular flexibility index (Phi) is 6.13. The van der Waals surface area contributed by atoms with Gasteiger partial charge in [-0.1, -0.05) is 36.4 Å². The largest absolute Gasteiger partial charge is 0.357 e. The molecule has 0 fully saturated rings. The summed E-state index contributed by atoms with van der Waals surface area (Å²) in [6, 6.07) is 15.1. The number of nitrogens with one attached hydrogen (secondary N) is 1. The van der Waals surface area contributed by atoms with Gasteiger partial charge >= 0.3 is 0 Å². The summed E-state index contributed by atoms with van der Waals surface area (Å²) >= 11 is 0. The maximum absolute atomic E-state index is 13.3. The second-order valence-corrected chi connectivity index (χ2v) is 10.1. The minimum absolute atomic E-state index is 0.0122. The van der Waals surface area contributed by atoms with Gasteiger partial charge in [0.15, 0.2) is 5.03 Å². The monoisotopic (exact) mass is 481 g/mol. The third-order valence-electron chi connectivity index (χ3n) is 5.80. The fourth-order valence-electron chi connectivity index (χ4n) is 4.09. The van der Waals surface area contributed by atoms with E-state index >= 15 is 0 Å². The van der Waals surface area contributed by atoms with E-state index in [1.807, 2.05) is 29.2 Å². The smallest absolute Gasteiger partial charge is 0.280 e. The number of pyridine rings is 2. The Balaban J connectivity index is 1.80. The van der Waals surface area contributed by atoms with Crippen LogP contribution in [0.3, 0.4) is 0 Å². The summed E-state index contributed by atoms with van der Waals surface area (Å²) in [5, 5.41) is -0.167. The highest BCUT2D eigenvalue weighted by Gasteiger charge is 2.20. The van der Waals surface area contributed by atoms with E-state index in [1.54, 1.807) is 19.1 Å². The number of Topliss-reactive ketones (excluding diaryl/α,β-unsaturated/α-hetero) is 1. The molecule has 1 aromatic carbocycles. The molecule has 0 aliphatic carbocycles. The summed E-state index contributed by atoms with van der Waals surface area (Å²) in [5.41, 5.74) is 1.90. The van der Waals surface area contributed by atoms with E-state index in [9.17, 15) is 13.2 Å². The van der Waals surface area contributed by atoms with Gasteiger partial charge in [0, 0.05) is 29.2 Å². The van der Waals surface area contributed by atoms with Crippen molar-refractivity contribution in [2.75, 3.05) is 22.7 Å². The maximum Gasteiger partial charge on any atom is 0.280 e. The van der Waals surface area contributed by atoms with Crippen LogP contribution in [0.2, 0.25) is 0 Å². The molecule has 4 bridgehead atoms. The van der Waals surface area contributed by atoms with E-state index in [0.717, 1.165) is 18.4 Å². The molecule has 3 heterocycles. The van der Waals surface area contributed by atoms with E-state index in [4.69, 9.17) is 4.11 Å². The highest BCUT2D eigenvalue weighted by molar-refractivity contribution is 7.92. The Labute approximate surface area is 205 Å². The summed E-state index contributed by atoms with van der Waals surface area (Å²) in [5.74, 6) is 0.639. The first kappa shape index (κ1) is 20.1. The number of aromatic nitrogens is 2. The zero-order valence-electron chi connectivity index (χ0n) is 22.1. The van der Waals surface area contributed by atoms with Crippen LogP contribution >= 0.6 is 0 Å². The van der Waals surface area contributed by atoms with Crippen LogP contribution in [0.5, 0.6) is 0 Å². The lowest BCUT2D eigenvalue weighted by atomic mass is 9.97. The number of carbonyl (C=O) groups excluding carboxylic acids is 1. The Hall–Kier alpha value is -3.26. The molecule has 7 nitrogen and oxygen atoms in total. The second-order valence-electron chi connectivity index (χ2n) is 8.44. The Morgan fingerprint density at radius 2 is 1.94 bits per heavy atom. The molecular weight excluding hydrogens is 448 g/mol. The highest BCUT2D eigenvalue weighted by Crippen LogP contribution is 2.29. The molecule has 0 saturated heterocycles. The molecule has 0 amide bonds. The zero-order chi connectivity index (χ0) is 26.6. The fourth-order valence-corrected chi connectivity index (χ4v) is 5.05. The van der Waals surface area contributed by atoms with E-state index in [2.05, 4.69) is 14.7 Å². The van der Waals surface area contributed by atoms with Crippen LogP contribution in [0.25, 0.3) is 11.3 Å². The number of aryl methyl sites for hydroxylation is 2. The van der Waals surface area contributed by atoms with Gasteiger partial charge in [0.25, 0.3) is 10.0 Å². The van der Waals surface area contributed by atoms with Crippen molar-refractivity contribution >= 4 is 27.4 Å². The number of nitrogens with zero attached hydrogens (tertiary/aromatic N) is 3. The van der Waals surface area contributed by atoms with Gasteiger partial charge in [-0.3, -0.25) is 4.72 Å². The van der Waals surface area contributed by atoms with Crippen LogP contribution in [-0.4, -0.2) is 37.3 Å². The van der Waals surface area contributed by atoms with Gasteiger partial charge in [-0.15, -0.1) is 0 Å². The molecule has 0 saturated carbocycles. The van der Waals surface area contributed by atoms with Gasteiger partial charge in [-0.25, -0.2) is 9.97 Å². The molecule has 34 heavy (non-hydrogen) atoms. The summed E-state index contributed by atoms with van der Waals surface area (Å²) in [7, 11) is -4.11. The van der Waals surface area contributed by atoms with Crippen molar-refractivity contribution in [3.05, 3.63) is 65.7 Å². The molecule has 3 aromatic rings. The molecule has 0 spiro atoms. The topological polar surface area (TPSA) is 92.3 Å². The summed E-state index contributed by atoms with van der Waals surface area (Å²) < 4.78 is 53.0. The molecule has 178 valence electrons. The minimum Gasteiger partial charge on any atom is -0.357 e. The molecule has 0 unspecified atom stereocenters. The average Bonchev–Trinajstić information content (AvgIpc) is 2.84. The number of hydrogen-bond donors (Lipinski definition) is 1. The molecule has 4 rings (SSSR count). The molecule has 1 aliphatic rings. The average molecular weight is 482 g/mol. The van der Waals surface area contributed by atoms with Gasteiger partial charge in [0.2, 0.25) is 0 Å². The summed E-state index contributed by atoms with van der Waals surface area (Å²) in [6.45, 7) is 0.341. The first-order valence-corrected chi connectivity index (χ1v) is 12.9. The van der Waals surface area contributed by atoms with Crippen LogP contribution in [0.1, 0.15) is 47.8 Å². The van der Waals surface area contributed by atoms with Crippen molar-refractivity contribution in [2.45, 2.75) is 50.9 Å². The molecular formula is C26H30N4O3S. The van der Waals surface area contributed by atoms with Crippen molar-refractivity contribution in [2.24, 2.45) is 0 Å². The van der Waals surface area contributed by atoms with Crippen molar-refractivity contribution in [1.29, 1.82) is 0 Å². The Morgan fingerprint density at radius 1 is 1.09 bits per heavy atom. The van der Waals surface area contributed by atoms with Crippen molar-refractivity contribution in [1.82, 2.24) is 9.97 Å². The number of rotatable bonds is 4. The third-order valence-corrected chi connectivity index (χ3v) is 7.05. The second kappa shape index (κ2) is 10.3. The van der Waals surface area contributed by atoms with Crippen LogP contribution in [0.15, 0.2) is 59.6 Å². The number of benzene rings is 1. The van der Waals surface area contributed by atoms with Gasteiger partial charge in [-0.2, -0.15) is 8.42 Å². The number of ketones is 1. The molecule has 2 aromatic heterocycles. The van der Waals surface area contributed by atoms with Crippen molar-refractivity contribution in [3.63, 3.8) is 0 Å². The number of sulfonamides is 1. The Morgan fingerprint density at radius 3 is 2.76 bits per heavy atom. The Bertz CT molecular complexity index is 1390. The minimum atomic E-state index is -4.11. The van der Waals surface area contributed by atoms with Gasteiger partial charge < -0.3 is 9.69 Å².